The second-order valence-corrected chi connectivity index (χ2v) is 10.3. The maximum Gasteiger partial charge on any atom is 0.220 e. The Hall–Kier alpha value is -2.08. The van der Waals surface area contributed by atoms with Crippen molar-refractivity contribution in [2.45, 2.75) is 101 Å². The number of nitrogens with one attached hydrogen (secondary N) is 1. The fraction of sp³-hybridized carbons (Fsp3) is 0.692. The predicted octanol–water partition coefficient (Wildman–Crippen LogP) is 3.82. The number of carbonyl (C=O) groups is 2. The second-order valence-electron chi connectivity index (χ2n) is 10.3. The molecule has 1 saturated carbocycles. The number of nitrogens with zero attached hydrogens (tertiary/aromatic N) is 1. The van der Waals surface area contributed by atoms with Gasteiger partial charge in [-0.2, -0.15) is 0 Å². The molecule has 0 spiro atoms. The van der Waals surface area contributed by atoms with E-state index in [2.05, 4.69) is 16.3 Å². The van der Waals surface area contributed by atoms with Crippen molar-refractivity contribution in [2.24, 2.45) is 11.7 Å². The van der Waals surface area contributed by atoms with Crippen molar-refractivity contribution in [3.05, 3.63) is 29.8 Å². The lowest BCUT2D eigenvalue weighted by atomic mass is 9.83. The minimum absolute atomic E-state index is 0.0494. The van der Waals surface area contributed by atoms with Crippen molar-refractivity contribution in [1.29, 1.82) is 0 Å². The lowest BCUT2D eigenvalue weighted by molar-refractivity contribution is -0.125. The number of carbonyl (C=O) groups excluding carboxylic acids is 2. The van der Waals surface area contributed by atoms with Crippen molar-refractivity contribution >= 4 is 11.8 Å². The van der Waals surface area contributed by atoms with E-state index >= 15 is 0 Å². The average molecular weight is 442 g/mol. The van der Waals surface area contributed by atoms with E-state index in [0.717, 1.165) is 25.8 Å². The number of hydrogen-bond acceptors (Lipinski definition) is 4. The summed E-state index contributed by atoms with van der Waals surface area (Å²) in [6, 6.07) is 8.97. The van der Waals surface area contributed by atoms with E-state index in [9.17, 15) is 14.7 Å². The van der Waals surface area contributed by atoms with E-state index < -0.39 is 5.91 Å². The number of phenols is 1. The second kappa shape index (κ2) is 10.7. The molecule has 1 aromatic carbocycles. The van der Waals surface area contributed by atoms with Gasteiger partial charge in [-0.1, -0.05) is 44.2 Å². The maximum atomic E-state index is 12.5. The number of hydrogen-bond donors (Lipinski definition) is 3. The van der Waals surface area contributed by atoms with Crippen LogP contribution in [0.15, 0.2) is 24.3 Å². The van der Waals surface area contributed by atoms with Crippen LogP contribution in [-0.4, -0.2) is 46.5 Å². The first-order chi connectivity index (χ1) is 15.5. The van der Waals surface area contributed by atoms with Crippen LogP contribution in [0.2, 0.25) is 0 Å². The van der Waals surface area contributed by atoms with Crippen molar-refractivity contribution in [2.75, 3.05) is 6.54 Å². The number of benzene rings is 1. The van der Waals surface area contributed by atoms with Gasteiger partial charge in [0, 0.05) is 37.5 Å². The van der Waals surface area contributed by atoms with Gasteiger partial charge < -0.3 is 16.2 Å². The highest BCUT2D eigenvalue weighted by Gasteiger charge is 2.42. The topological polar surface area (TPSA) is 95.7 Å². The summed E-state index contributed by atoms with van der Waals surface area (Å²) in [4.78, 5) is 26.3. The smallest absolute Gasteiger partial charge is 0.220 e. The number of phenolic OH excluding ortho intramolecular Hbond substituents is 1. The predicted molar refractivity (Wildman–Crippen MR) is 125 cm³/mol. The van der Waals surface area contributed by atoms with E-state index in [-0.39, 0.29) is 24.8 Å². The third kappa shape index (κ3) is 6.03. The standard InChI is InChI=1S/C26H39N3O3/c27-25(31)11-12-26(32)28-21(13-18-5-2-1-3-6-18)17-29-22-9-10-23(29)15-20(14-22)19-7-4-8-24(30)16-19/h4,7-8,16,18,20-23,30H,1-3,5-6,9-15,17H2,(H2,27,31)(H,28,32)/t21?,22-,23-/m1/s1. The highest BCUT2D eigenvalue weighted by Crippen LogP contribution is 2.43. The van der Waals surface area contributed by atoms with Gasteiger partial charge in [-0.05, 0) is 61.6 Å². The Bertz CT molecular complexity index is 778. The van der Waals surface area contributed by atoms with Gasteiger partial charge in [-0.25, -0.2) is 0 Å². The summed E-state index contributed by atoms with van der Waals surface area (Å²) in [6.45, 7) is 0.904. The first-order valence-corrected chi connectivity index (χ1v) is 12.6. The van der Waals surface area contributed by atoms with Crippen molar-refractivity contribution in [1.82, 2.24) is 10.2 Å². The zero-order valence-corrected chi connectivity index (χ0v) is 19.2. The van der Waals surface area contributed by atoms with Crippen LogP contribution in [-0.2, 0) is 9.59 Å². The molecule has 4 N–H and O–H groups in total. The van der Waals surface area contributed by atoms with Gasteiger partial charge in [0.2, 0.25) is 11.8 Å². The molecule has 2 bridgehead atoms. The summed E-state index contributed by atoms with van der Waals surface area (Å²) < 4.78 is 0. The van der Waals surface area contributed by atoms with Gasteiger partial charge in [0.25, 0.3) is 0 Å². The number of amides is 2. The van der Waals surface area contributed by atoms with E-state index in [1.165, 1.54) is 50.5 Å². The number of fused-ring (bicyclic) bond motifs is 2. The summed E-state index contributed by atoms with van der Waals surface area (Å²) in [6.07, 6.45) is 12.5. The molecule has 1 unspecified atom stereocenters. The Kier molecular flexibility index (Phi) is 7.71. The summed E-state index contributed by atoms with van der Waals surface area (Å²) in [5.74, 6) is 1.07. The van der Waals surface area contributed by atoms with Crippen LogP contribution in [0.3, 0.4) is 0 Å². The lowest BCUT2D eigenvalue weighted by Gasteiger charge is -2.41. The molecule has 32 heavy (non-hydrogen) atoms. The van der Waals surface area contributed by atoms with Gasteiger partial charge in [-0.3, -0.25) is 14.5 Å². The summed E-state index contributed by atoms with van der Waals surface area (Å²) in [7, 11) is 0. The Morgan fingerprint density at radius 2 is 1.78 bits per heavy atom. The molecule has 3 aliphatic rings. The quantitative estimate of drug-likeness (QED) is 0.543. The molecule has 0 radical (unpaired) electrons. The van der Waals surface area contributed by atoms with E-state index in [0.29, 0.717) is 29.7 Å². The third-order valence-electron chi connectivity index (χ3n) is 7.96. The molecule has 6 nitrogen and oxygen atoms in total. The maximum absolute atomic E-state index is 12.5. The first-order valence-electron chi connectivity index (χ1n) is 12.6. The minimum Gasteiger partial charge on any atom is -0.508 e. The van der Waals surface area contributed by atoms with Gasteiger partial charge in [0.1, 0.15) is 5.75 Å². The SMILES string of the molecule is NC(=O)CCC(=O)NC(CC1CCCCC1)CN1[C@@H]2CC[C@@H]1CC(c1cccc(O)c1)C2. The molecule has 0 aromatic heterocycles. The zero-order chi connectivity index (χ0) is 22.5. The number of rotatable bonds is 9. The number of nitrogens with two attached hydrogens (primary N) is 1. The van der Waals surface area contributed by atoms with Crippen LogP contribution in [0.5, 0.6) is 5.75 Å². The van der Waals surface area contributed by atoms with Crippen LogP contribution in [0.25, 0.3) is 0 Å². The largest absolute Gasteiger partial charge is 0.508 e. The van der Waals surface area contributed by atoms with Crippen molar-refractivity contribution < 1.29 is 14.7 Å². The third-order valence-corrected chi connectivity index (χ3v) is 7.96. The number of primary amides is 1. The van der Waals surface area contributed by atoms with Crippen LogP contribution >= 0.6 is 0 Å². The van der Waals surface area contributed by atoms with Crippen LogP contribution < -0.4 is 11.1 Å². The van der Waals surface area contributed by atoms with E-state index in [4.69, 9.17) is 5.73 Å². The normalized spacial score (nSPS) is 27.2. The number of aromatic hydroxyl groups is 1. The molecule has 4 rings (SSSR count). The molecule has 1 aliphatic carbocycles. The van der Waals surface area contributed by atoms with E-state index in [1.54, 1.807) is 6.07 Å². The molecule has 3 fully saturated rings. The summed E-state index contributed by atoms with van der Waals surface area (Å²) >= 11 is 0. The summed E-state index contributed by atoms with van der Waals surface area (Å²) in [5, 5.41) is 13.2. The fourth-order valence-corrected chi connectivity index (χ4v) is 6.42. The van der Waals surface area contributed by atoms with Gasteiger partial charge >= 0.3 is 0 Å². The van der Waals surface area contributed by atoms with Crippen molar-refractivity contribution in [3.63, 3.8) is 0 Å². The molecule has 2 heterocycles. The van der Waals surface area contributed by atoms with Gasteiger partial charge in [0.15, 0.2) is 0 Å². The molecular formula is C26H39N3O3. The highest BCUT2D eigenvalue weighted by atomic mass is 16.3. The number of piperidine rings is 1. The lowest BCUT2D eigenvalue weighted by Crippen LogP contribution is -2.51. The Labute approximate surface area is 191 Å². The molecular weight excluding hydrogens is 402 g/mol. The first kappa shape index (κ1) is 23.1. The van der Waals surface area contributed by atoms with Crippen LogP contribution in [0.4, 0.5) is 0 Å². The Balaban J connectivity index is 1.39. The Morgan fingerprint density at radius 3 is 2.44 bits per heavy atom. The van der Waals surface area contributed by atoms with Gasteiger partial charge in [0.05, 0.1) is 0 Å². The monoisotopic (exact) mass is 441 g/mol. The zero-order valence-electron chi connectivity index (χ0n) is 19.2. The van der Waals surface area contributed by atoms with Crippen LogP contribution in [0.1, 0.15) is 88.5 Å². The average Bonchev–Trinajstić information content (AvgIpc) is 2.99. The fourth-order valence-electron chi connectivity index (χ4n) is 6.42. The molecule has 2 amide bonds. The highest BCUT2D eigenvalue weighted by molar-refractivity contribution is 5.82. The molecule has 1 aromatic rings. The molecule has 2 aliphatic heterocycles. The molecule has 2 saturated heterocycles. The molecule has 176 valence electrons. The molecule has 3 atom stereocenters. The van der Waals surface area contributed by atoms with Gasteiger partial charge in [-0.15, -0.1) is 0 Å². The summed E-state index contributed by atoms with van der Waals surface area (Å²) in [5.41, 5.74) is 6.49. The van der Waals surface area contributed by atoms with E-state index in [1.807, 2.05) is 12.1 Å². The van der Waals surface area contributed by atoms with Crippen molar-refractivity contribution in [3.8, 4) is 5.75 Å². The minimum atomic E-state index is -0.420. The van der Waals surface area contributed by atoms with Crippen LogP contribution in [0, 0.1) is 5.92 Å². The molecule has 6 heteroatoms. The Morgan fingerprint density at radius 1 is 1.06 bits per heavy atom.